The van der Waals surface area contributed by atoms with Crippen molar-refractivity contribution in [2.75, 3.05) is 5.75 Å². The number of nitrogens with one attached hydrogen (secondary N) is 1. The van der Waals surface area contributed by atoms with Crippen molar-refractivity contribution in [2.45, 2.75) is 61.1 Å². The van der Waals surface area contributed by atoms with Crippen LogP contribution in [0, 0.1) is 0 Å². The van der Waals surface area contributed by atoms with E-state index < -0.39 is 0 Å². The summed E-state index contributed by atoms with van der Waals surface area (Å²) in [5.74, 6) is 1.39. The van der Waals surface area contributed by atoms with E-state index in [1.54, 1.807) is 0 Å². The number of amides is 1. The Morgan fingerprint density at radius 3 is 2.75 bits per heavy atom. The summed E-state index contributed by atoms with van der Waals surface area (Å²) in [6.07, 6.45) is 7.06. The van der Waals surface area contributed by atoms with E-state index in [4.69, 9.17) is 0 Å². The van der Waals surface area contributed by atoms with Crippen LogP contribution in [0.25, 0.3) is 0 Å². The lowest BCUT2D eigenvalue weighted by Crippen LogP contribution is -2.49. The first-order chi connectivity index (χ1) is 7.62. The molecule has 2 fully saturated rings. The molecule has 3 atom stereocenters. The molecule has 2 rings (SSSR count). The predicted molar refractivity (Wildman–Crippen MR) is 73.2 cm³/mol. The molecular formula is C12H20BrNOS. The molecule has 0 bridgehead atoms. The number of rotatable bonds is 2. The third kappa shape index (κ3) is 2.76. The van der Waals surface area contributed by atoms with Crippen molar-refractivity contribution in [1.29, 1.82) is 0 Å². The van der Waals surface area contributed by atoms with Gasteiger partial charge in [-0.05, 0) is 38.4 Å². The van der Waals surface area contributed by atoms with E-state index in [0.717, 1.165) is 18.6 Å². The van der Waals surface area contributed by atoms with Gasteiger partial charge in [0, 0.05) is 10.9 Å². The fourth-order valence-corrected chi connectivity index (χ4v) is 4.47. The summed E-state index contributed by atoms with van der Waals surface area (Å²) in [5, 5.41) is 3.24. The van der Waals surface area contributed by atoms with Crippen LogP contribution in [-0.2, 0) is 4.79 Å². The molecule has 2 aliphatic rings. The molecule has 1 amide bonds. The highest BCUT2D eigenvalue weighted by atomic mass is 79.9. The van der Waals surface area contributed by atoms with Crippen LogP contribution in [0.3, 0.4) is 0 Å². The van der Waals surface area contributed by atoms with Crippen LogP contribution >= 0.6 is 27.7 Å². The molecule has 92 valence electrons. The average Bonchev–Trinajstić information content (AvgIpc) is 2.70. The molecule has 1 heterocycles. The Hall–Kier alpha value is 0.300. The average molecular weight is 306 g/mol. The van der Waals surface area contributed by atoms with Gasteiger partial charge in [0.25, 0.3) is 0 Å². The second kappa shape index (κ2) is 5.30. The summed E-state index contributed by atoms with van der Waals surface area (Å²) in [4.78, 5) is 12.7. The summed E-state index contributed by atoms with van der Waals surface area (Å²) >= 11 is 5.50. The van der Waals surface area contributed by atoms with E-state index in [-0.39, 0.29) is 10.7 Å². The van der Waals surface area contributed by atoms with E-state index in [2.05, 4.69) is 28.2 Å². The van der Waals surface area contributed by atoms with Crippen LogP contribution < -0.4 is 5.32 Å². The maximum absolute atomic E-state index is 12.2. The second-order valence-electron chi connectivity index (χ2n) is 5.06. The van der Waals surface area contributed by atoms with Crippen molar-refractivity contribution in [2.24, 2.45) is 0 Å². The minimum absolute atomic E-state index is 0.163. The number of alkyl halides is 1. The smallest absolute Gasteiger partial charge is 0.236 e. The molecule has 1 N–H and O–H groups in total. The van der Waals surface area contributed by atoms with Crippen molar-refractivity contribution in [1.82, 2.24) is 5.32 Å². The number of hydrogen-bond donors (Lipinski definition) is 1. The first-order valence-electron chi connectivity index (χ1n) is 6.21. The fraction of sp³-hybridized carbons (Fsp3) is 0.917. The van der Waals surface area contributed by atoms with Crippen molar-refractivity contribution < 1.29 is 4.79 Å². The Bertz CT molecular complexity index is 266. The largest absolute Gasteiger partial charge is 0.351 e. The maximum atomic E-state index is 12.2. The molecule has 1 aliphatic heterocycles. The summed E-state index contributed by atoms with van der Waals surface area (Å²) in [7, 11) is 0. The molecule has 0 aromatic rings. The van der Waals surface area contributed by atoms with Gasteiger partial charge in [-0.2, -0.15) is 0 Å². The van der Waals surface area contributed by atoms with Crippen molar-refractivity contribution in [3.05, 3.63) is 0 Å². The Labute approximate surface area is 110 Å². The second-order valence-corrected chi connectivity index (χ2v) is 7.84. The molecule has 4 heteroatoms. The summed E-state index contributed by atoms with van der Waals surface area (Å²) in [6.45, 7) is 2.09. The highest BCUT2D eigenvalue weighted by Crippen LogP contribution is 2.38. The molecule has 0 aromatic heterocycles. The third-order valence-corrected chi connectivity index (χ3v) is 6.31. The van der Waals surface area contributed by atoms with Gasteiger partial charge in [-0.15, -0.1) is 11.8 Å². The fourth-order valence-electron chi connectivity index (χ4n) is 2.53. The van der Waals surface area contributed by atoms with Gasteiger partial charge in [0.15, 0.2) is 0 Å². The Kier molecular flexibility index (Phi) is 4.22. The summed E-state index contributed by atoms with van der Waals surface area (Å²) < 4.78 is -0.163. The highest BCUT2D eigenvalue weighted by Gasteiger charge is 2.38. The molecule has 0 aromatic carbocycles. The van der Waals surface area contributed by atoms with Crippen LogP contribution in [0.15, 0.2) is 0 Å². The summed E-state index contributed by atoms with van der Waals surface area (Å²) in [6, 6.07) is 0.347. The zero-order valence-corrected chi connectivity index (χ0v) is 12.2. The van der Waals surface area contributed by atoms with Gasteiger partial charge in [0.2, 0.25) is 5.91 Å². The van der Waals surface area contributed by atoms with E-state index in [1.165, 1.54) is 25.7 Å². The Balaban J connectivity index is 1.90. The maximum Gasteiger partial charge on any atom is 0.236 e. The number of carbonyl (C=O) groups is 1. The highest BCUT2D eigenvalue weighted by molar-refractivity contribution is 9.09. The molecule has 1 aliphatic carbocycles. The van der Waals surface area contributed by atoms with E-state index >= 15 is 0 Å². The minimum atomic E-state index is -0.163. The summed E-state index contributed by atoms with van der Waals surface area (Å²) in [5.41, 5.74) is 0. The monoisotopic (exact) mass is 305 g/mol. The zero-order chi connectivity index (χ0) is 11.6. The van der Waals surface area contributed by atoms with Crippen LogP contribution in [0.4, 0.5) is 0 Å². The van der Waals surface area contributed by atoms with Gasteiger partial charge in [-0.25, -0.2) is 0 Å². The first-order valence-corrected chi connectivity index (χ1v) is 8.11. The Morgan fingerprint density at radius 2 is 2.12 bits per heavy atom. The quantitative estimate of drug-likeness (QED) is 0.794. The van der Waals surface area contributed by atoms with Gasteiger partial charge < -0.3 is 5.32 Å². The van der Waals surface area contributed by atoms with Gasteiger partial charge in [0.05, 0.1) is 4.75 Å². The topological polar surface area (TPSA) is 29.1 Å². The molecule has 2 nitrogen and oxygen atoms in total. The number of thioether (sulfide) groups is 1. The molecule has 0 radical (unpaired) electrons. The molecular weight excluding hydrogens is 286 g/mol. The lowest BCUT2D eigenvalue weighted by atomic mass is 9.94. The van der Waals surface area contributed by atoms with Gasteiger partial charge in [0.1, 0.15) is 0 Å². The van der Waals surface area contributed by atoms with Crippen LogP contribution in [0.5, 0.6) is 0 Å². The molecule has 16 heavy (non-hydrogen) atoms. The number of halogens is 1. The standard InChI is InChI=1S/C12H20BrNOS/c1-12(7-4-8-16-12)11(15)14-10-6-3-2-5-9(10)13/h9-10H,2-8H2,1H3,(H,14,15). The van der Waals surface area contributed by atoms with Crippen LogP contribution in [0.1, 0.15) is 45.4 Å². The first kappa shape index (κ1) is 12.7. The predicted octanol–water partition coefficient (Wildman–Crippen LogP) is 3.09. The minimum Gasteiger partial charge on any atom is -0.351 e. The van der Waals surface area contributed by atoms with E-state index in [1.807, 2.05) is 11.8 Å². The normalized spacial score (nSPS) is 39.6. The van der Waals surface area contributed by atoms with Crippen molar-refractivity contribution in [3.63, 3.8) is 0 Å². The SMILES string of the molecule is CC1(C(=O)NC2CCCCC2Br)CCCS1. The van der Waals surface area contributed by atoms with Crippen molar-refractivity contribution in [3.8, 4) is 0 Å². The van der Waals surface area contributed by atoms with Crippen molar-refractivity contribution >= 4 is 33.6 Å². The van der Waals surface area contributed by atoms with Crippen LogP contribution in [0.2, 0.25) is 0 Å². The van der Waals surface area contributed by atoms with E-state index in [0.29, 0.717) is 10.9 Å². The lowest BCUT2D eigenvalue weighted by molar-refractivity contribution is -0.123. The zero-order valence-electron chi connectivity index (χ0n) is 9.80. The third-order valence-electron chi connectivity index (χ3n) is 3.70. The van der Waals surface area contributed by atoms with Gasteiger partial charge in [-0.3, -0.25) is 4.79 Å². The lowest BCUT2D eigenvalue weighted by Gasteiger charge is -2.31. The number of hydrogen-bond acceptors (Lipinski definition) is 2. The van der Waals surface area contributed by atoms with Gasteiger partial charge in [-0.1, -0.05) is 28.8 Å². The molecule has 1 saturated carbocycles. The Morgan fingerprint density at radius 1 is 1.38 bits per heavy atom. The number of carbonyl (C=O) groups excluding carboxylic acids is 1. The van der Waals surface area contributed by atoms with Gasteiger partial charge >= 0.3 is 0 Å². The molecule has 1 saturated heterocycles. The van der Waals surface area contributed by atoms with Crippen LogP contribution in [-0.4, -0.2) is 27.3 Å². The molecule has 0 spiro atoms. The van der Waals surface area contributed by atoms with E-state index in [9.17, 15) is 4.79 Å². The molecule has 3 unspecified atom stereocenters.